The van der Waals surface area contributed by atoms with Crippen LogP contribution < -0.4 is 9.64 Å². The van der Waals surface area contributed by atoms with Crippen LogP contribution in [0.4, 0.5) is 5.69 Å². The summed E-state index contributed by atoms with van der Waals surface area (Å²) in [4.78, 5) is 29.2. The predicted octanol–water partition coefficient (Wildman–Crippen LogP) is 2.83. The molecule has 1 aliphatic rings. The van der Waals surface area contributed by atoms with E-state index in [4.69, 9.17) is 9.47 Å². The Labute approximate surface area is 176 Å². The summed E-state index contributed by atoms with van der Waals surface area (Å²) in [7, 11) is 6.88. The second kappa shape index (κ2) is 9.00. The van der Waals surface area contributed by atoms with Gasteiger partial charge in [-0.3, -0.25) is 9.59 Å². The van der Waals surface area contributed by atoms with Gasteiger partial charge in [0.25, 0.3) is 11.7 Å². The molecule has 1 saturated heterocycles. The summed E-state index contributed by atoms with van der Waals surface area (Å²) in [5.41, 5.74) is 2.11. The molecule has 2 aromatic rings. The number of carbonyl (C=O) groups is 2. The van der Waals surface area contributed by atoms with Crippen molar-refractivity contribution in [2.24, 2.45) is 0 Å². The molecular weight excluding hydrogens is 384 g/mol. The Balaban J connectivity index is 2.17. The second-order valence-electron chi connectivity index (χ2n) is 7.17. The van der Waals surface area contributed by atoms with Crippen molar-refractivity contribution in [3.05, 3.63) is 65.2 Å². The third kappa shape index (κ3) is 3.89. The minimum absolute atomic E-state index is 0.0400. The molecule has 1 heterocycles. The molecule has 1 N–H and O–H groups in total. The van der Waals surface area contributed by atoms with Crippen LogP contribution in [0.5, 0.6) is 5.75 Å². The zero-order chi connectivity index (χ0) is 21.8. The number of ether oxygens (including phenoxy) is 2. The standard InChI is InChI=1S/C23H26N2O5/c1-24(2)16-11-9-15(10-12-16)20-19(22(27)23(28)25(20)13-14-29-3)21(26)17-7-5-6-8-18(17)30-4/h5-12,20,26H,13-14H2,1-4H3/b21-19-. The number of hydrogen-bond acceptors (Lipinski definition) is 6. The Bertz CT molecular complexity index is 966. The molecule has 0 saturated carbocycles. The Morgan fingerprint density at radius 2 is 1.73 bits per heavy atom. The highest BCUT2D eigenvalue weighted by Crippen LogP contribution is 2.41. The smallest absolute Gasteiger partial charge is 0.295 e. The molecular formula is C23H26N2O5. The molecule has 30 heavy (non-hydrogen) atoms. The molecule has 1 atom stereocenters. The number of rotatable bonds is 7. The number of aliphatic hydroxyl groups excluding tert-OH is 1. The highest BCUT2D eigenvalue weighted by molar-refractivity contribution is 6.46. The molecule has 0 aromatic heterocycles. The maximum absolute atomic E-state index is 13.0. The molecule has 158 valence electrons. The van der Waals surface area contributed by atoms with Crippen molar-refractivity contribution in [2.75, 3.05) is 46.4 Å². The number of para-hydroxylation sites is 1. The van der Waals surface area contributed by atoms with Gasteiger partial charge in [-0.25, -0.2) is 0 Å². The van der Waals surface area contributed by atoms with Crippen LogP contribution in [0.1, 0.15) is 17.2 Å². The lowest BCUT2D eigenvalue weighted by molar-refractivity contribution is -0.140. The van der Waals surface area contributed by atoms with Crippen molar-refractivity contribution < 1.29 is 24.2 Å². The number of ketones is 1. The number of likely N-dealkylation sites (tertiary alicyclic amines) is 1. The molecule has 0 bridgehead atoms. The van der Waals surface area contributed by atoms with Gasteiger partial charge in [0.1, 0.15) is 11.5 Å². The SMILES string of the molecule is COCCN1C(=O)C(=O)/C(=C(\O)c2ccccc2OC)C1c1ccc(N(C)C)cc1. The number of aliphatic hydroxyl groups is 1. The van der Waals surface area contributed by atoms with E-state index in [1.165, 1.54) is 19.1 Å². The molecule has 1 unspecified atom stereocenters. The van der Waals surface area contributed by atoms with Gasteiger partial charge in [-0.2, -0.15) is 0 Å². The molecule has 0 radical (unpaired) electrons. The highest BCUT2D eigenvalue weighted by atomic mass is 16.5. The monoisotopic (exact) mass is 410 g/mol. The van der Waals surface area contributed by atoms with Crippen LogP contribution in [-0.4, -0.2) is 63.2 Å². The van der Waals surface area contributed by atoms with Crippen molar-refractivity contribution in [3.8, 4) is 5.75 Å². The minimum Gasteiger partial charge on any atom is -0.507 e. The van der Waals surface area contributed by atoms with E-state index >= 15 is 0 Å². The highest BCUT2D eigenvalue weighted by Gasteiger charge is 2.46. The van der Waals surface area contributed by atoms with E-state index in [-0.39, 0.29) is 24.5 Å². The first kappa shape index (κ1) is 21.4. The molecule has 1 fully saturated rings. The quantitative estimate of drug-likeness (QED) is 0.430. The van der Waals surface area contributed by atoms with Gasteiger partial charge in [0.2, 0.25) is 0 Å². The number of methoxy groups -OCH3 is 2. The zero-order valence-corrected chi connectivity index (χ0v) is 17.6. The largest absolute Gasteiger partial charge is 0.507 e. The van der Waals surface area contributed by atoms with Gasteiger partial charge in [0.05, 0.1) is 30.9 Å². The fourth-order valence-electron chi connectivity index (χ4n) is 3.59. The lowest BCUT2D eigenvalue weighted by atomic mass is 9.95. The van der Waals surface area contributed by atoms with Crippen LogP contribution in [0.3, 0.4) is 0 Å². The molecule has 0 spiro atoms. The van der Waals surface area contributed by atoms with E-state index in [0.29, 0.717) is 11.3 Å². The van der Waals surface area contributed by atoms with E-state index in [0.717, 1.165) is 11.3 Å². The Morgan fingerprint density at radius 1 is 1.07 bits per heavy atom. The summed E-state index contributed by atoms with van der Waals surface area (Å²) in [5, 5.41) is 11.1. The van der Waals surface area contributed by atoms with Crippen LogP contribution in [0, 0.1) is 0 Å². The lowest BCUT2D eigenvalue weighted by Crippen LogP contribution is -2.32. The number of benzene rings is 2. The average Bonchev–Trinajstić information content (AvgIpc) is 3.01. The van der Waals surface area contributed by atoms with Crippen molar-refractivity contribution in [3.63, 3.8) is 0 Å². The van der Waals surface area contributed by atoms with E-state index in [1.54, 1.807) is 24.3 Å². The fourth-order valence-corrected chi connectivity index (χ4v) is 3.59. The number of hydrogen-bond donors (Lipinski definition) is 1. The molecule has 7 heteroatoms. The van der Waals surface area contributed by atoms with Gasteiger partial charge in [-0.05, 0) is 29.8 Å². The predicted molar refractivity (Wildman–Crippen MR) is 115 cm³/mol. The topological polar surface area (TPSA) is 79.3 Å². The van der Waals surface area contributed by atoms with Crippen molar-refractivity contribution in [1.82, 2.24) is 4.90 Å². The fraction of sp³-hybridized carbons (Fsp3) is 0.304. The lowest BCUT2D eigenvalue weighted by Gasteiger charge is -2.25. The molecule has 3 rings (SSSR count). The summed E-state index contributed by atoms with van der Waals surface area (Å²) in [5.74, 6) is -1.23. The normalized spacial score (nSPS) is 18.0. The van der Waals surface area contributed by atoms with Gasteiger partial charge in [-0.1, -0.05) is 24.3 Å². The van der Waals surface area contributed by atoms with Crippen LogP contribution in [0.25, 0.3) is 5.76 Å². The van der Waals surface area contributed by atoms with Gasteiger partial charge in [0, 0.05) is 33.4 Å². The maximum atomic E-state index is 13.0. The molecule has 7 nitrogen and oxygen atoms in total. The molecule has 1 amide bonds. The number of anilines is 1. The summed E-state index contributed by atoms with van der Waals surface area (Å²) in [6, 6.07) is 13.7. The number of carbonyl (C=O) groups excluding carboxylic acids is 2. The van der Waals surface area contributed by atoms with Crippen molar-refractivity contribution >= 4 is 23.1 Å². The molecule has 1 aliphatic heterocycles. The summed E-state index contributed by atoms with van der Waals surface area (Å²) in [6.07, 6.45) is 0. The first-order valence-corrected chi connectivity index (χ1v) is 9.58. The van der Waals surface area contributed by atoms with Crippen molar-refractivity contribution in [1.29, 1.82) is 0 Å². The van der Waals surface area contributed by atoms with E-state index in [2.05, 4.69) is 0 Å². The van der Waals surface area contributed by atoms with E-state index in [1.807, 2.05) is 43.3 Å². The van der Waals surface area contributed by atoms with Gasteiger partial charge in [-0.15, -0.1) is 0 Å². The number of amides is 1. The first-order valence-electron chi connectivity index (χ1n) is 9.58. The molecule has 2 aromatic carbocycles. The van der Waals surface area contributed by atoms with Gasteiger partial charge < -0.3 is 24.4 Å². The average molecular weight is 410 g/mol. The van der Waals surface area contributed by atoms with Gasteiger partial charge >= 0.3 is 0 Å². The van der Waals surface area contributed by atoms with E-state index in [9.17, 15) is 14.7 Å². The zero-order valence-electron chi connectivity index (χ0n) is 17.6. The third-order valence-corrected chi connectivity index (χ3v) is 5.16. The summed E-state index contributed by atoms with van der Waals surface area (Å²) >= 11 is 0. The molecule has 0 aliphatic carbocycles. The Morgan fingerprint density at radius 3 is 2.33 bits per heavy atom. The maximum Gasteiger partial charge on any atom is 0.295 e. The third-order valence-electron chi connectivity index (χ3n) is 5.16. The van der Waals surface area contributed by atoms with Crippen LogP contribution in [0.2, 0.25) is 0 Å². The number of nitrogens with zero attached hydrogens (tertiary/aromatic N) is 2. The Hall–Kier alpha value is -3.32. The van der Waals surface area contributed by atoms with Crippen molar-refractivity contribution in [2.45, 2.75) is 6.04 Å². The Kier molecular flexibility index (Phi) is 6.42. The summed E-state index contributed by atoms with van der Waals surface area (Å²) < 4.78 is 10.5. The number of Topliss-reactive ketones (excluding diaryl/α,β-unsaturated/α-hetero) is 1. The van der Waals surface area contributed by atoms with Gasteiger partial charge in [0.15, 0.2) is 0 Å². The second-order valence-corrected chi connectivity index (χ2v) is 7.17. The van der Waals surface area contributed by atoms with E-state index < -0.39 is 17.7 Å². The summed E-state index contributed by atoms with van der Waals surface area (Å²) in [6.45, 7) is 0.498. The van der Waals surface area contributed by atoms with Crippen LogP contribution >= 0.6 is 0 Å². The first-order chi connectivity index (χ1) is 14.4. The minimum atomic E-state index is -0.726. The van der Waals surface area contributed by atoms with Crippen LogP contribution in [-0.2, 0) is 14.3 Å². The van der Waals surface area contributed by atoms with Crippen LogP contribution in [0.15, 0.2) is 54.1 Å².